The molecule has 2 heteroatoms. The fourth-order valence-corrected chi connectivity index (χ4v) is 0.557. The second-order valence-corrected chi connectivity index (χ2v) is 2.71. The van der Waals surface area contributed by atoms with Gasteiger partial charge in [-0.1, -0.05) is 12.2 Å². The molecule has 0 spiro atoms. The number of rotatable bonds is 2. The van der Waals surface area contributed by atoms with Crippen molar-refractivity contribution in [2.45, 2.75) is 6.92 Å². The van der Waals surface area contributed by atoms with Gasteiger partial charge in [-0.25, -0.2) is 0 Å². The molecule has 50 valence electrons. The third-order valence-corrected chi connectivity index (χ3v) is 1.09. The first kappa shape index (κ1) is 8.41. The zero-order chi connectivity index (χ0) is 7.11. The highest BCUT2D eigenvalue weighted by Crippen LogP contribution is 1.75. The topological polar surface area (TPSA) is 17.1 Å². The normalized spacial score (nSPS) is 12.7. The lowest BCUT2D eigenvalue weighted by Gasteiger charge is -1.70. The molecule has 1 unspecified atom stereocenters. The molecule has 0 N–H and O–H groups in total. The molecule has 0 fully saturated rings. The molecule has 0 radical (unpaired) electrons. The Balaban J connectivity index is 3.82. The van der Waals surface area contributed by atoms with Gasteiger partial charge in [0, 0.05) is 11.7 Å². The highest BCUT2D eigenvalue weighted by Gasteiger charge is 1.70. The fraction of sp³-hybridized carbons (Fsp3) is 0.286. The largest absolute Gasteiger partial charge is 0.255 e. The Morgan fingerprint density at radius 2 is 2.22 bits per heavy atom. The molecule has 0 saturated carbocycles. The van der Waals surface area contributed by atoms with E-state index < -0.39 is 10.8 Å². The minimum atomic E-state index is -0.870. The average molecular weight is 142 g/mol. The van der Waals surface area contributed by atoms with Gasteiger partial charge in [0.25, 0.3) is 0 Å². The second kappa shape index (κ2) is 5.54. The van der Waals surface area contributed by atoms with Crippen molar-refractivity contribution in [3.8, 4) is 0 Å². The minimum Gasteiger partial charge on any atom is -0.255 e. The molecule has 0 bridgehead atoms. The molecule has 1 nitrogen and oxygen atoms in total. The van der Waals surface area contributed by atoms with Crippen molar-refractivity contribution >= 4 is 10.8 Å². The average Bonchev–Trinajstić information content (AvgIpc) is 1.80. The van der Waals surface area contributed by atoms with Crippen LogP contribution in [0.2, 0.25) is 0 Å². The molecular formula is C7H10OS. The Hall–Kier alpha value is -0.590. The van der Waals surface area contributed by atoms with Crippen LogP contribution >= 0.6 is 0 Å². The van der Waals surface area contributed by atoms with Gasteiger partial charge in [0.2, 0.25) is 0 Å². The van der Waals surface area contributed by atoms with Gasteiger partial charge in [-0.3, -0.25) is 4.21 Å². The van der Waals surface area contributed by atoms with Crippen LogP contribution in [0.3, 0.4) is 0 Å². The molecule has 0 aliphatic rings. The van der Waals surface area contributed by atoms with E-state index in [0.717, 1.165) is 0 Å². The van der Waals surface area contributed by atoms with Gasteiger partial charge in [-0.2, -0.15) is 0 Å². The number of allylic oxidation sites excluding steroid dienone is 3. The standard InChI is InChI=1S/C7H10OS/c1-3-4-5-6-7-9(2)8/h3-5,7H,1-2H3/b4-3-. The third-order valence-electron chi connectivity index (χ3n) is 0.619. The molecule has 0 aromatic rings. The van der Waals surface area contributed by atoms with Gasteiger partial charge in [0.05, 0.1) is 10.8 Å². The molecule has 0 heterocycles. The number of hydrogen-bond acceptors (Lipinski definition) is 1. The molecule has 0 rings (SSSR count). The quantitative estimate of drug-likeness (QED) is 0.423. The Bertz CT molecular complexity index is 173. The van der Waals surface area contributed by atoms with Crippen LogP contribution < -0.4 is 0 Å². The van der Waals surface area contributed by atoms with Crippen LogP contribution in [-0.2, 0) is 10.8 Å². The van der Waals surface area contributed by atoms with Crippen molar-refractivity contribution in [3.63, 3.8) is 0 Å². The maximum atomic E-state index is 10.4. The van der Waals surface area contributed by atoms with Crippen LogP contribution in [0, 0.1) is 0 Å². The lowest BCUT2D eigenvalue weighted by molar-refractivity contribution is 0.692. The molecule has 0 amide bonds. The van der Waals surface area contributed by atoms with E-state index in [2.05, 4.69) is 5.73 Å². The van der Waals surface area contributed by atoms with Crippen LogP contribution in [0.25, 0.3) is 0 Å². The summed E-state index contributed by atoms with van der Waals surface area (Å²) in [5.41, 5.74) is 2.75. The summed E-state index contributed by atoms with van der Waals surface area (Å²) in [6.45, 7) is 1.92. The summed E-state index contributed by atoms with van der Waals surface area (Å²) in [5, 5.41) is 1.51. The molecule has 1 atom stereocenters. The molecule has 0 aromatic carbocycles. The predicted molar refractivity (Wildman–Crippen MR) is 41.5 cm³/mol. The minimum absolute atomic E-state index is 0.870. The maximum absolute atomic E-state index is 10.4. The molecule has 0 aliphatic heterocycles. The van der Waals surface area contributed by atoms with Crippen molar-refractivity contribution in [1.82, 2.24) is 0 Å². The van der Waals surface area contributed by atoms with Crippen LogP contribution in [0.5, 0.6) is 0 Å². The first-order valence-corrected chi connectivity index (χ1v) is 4.25. The van der Waals surface area contributed by atoms with Crippen molar-refractivity contribution in [3.05, 3.63) is 29.4 Å². The zero-order valence-electron chi connectivity index (χ0n) is 5.63. The van der Waals surface area contributed by atoms with E-state index in [4.69, 9.17) is 0 Å². The van der Waals surface area contributed by atoms with Crippen LogP contribution in [-0.4, -0.2) is 10.5 Å². The van der Waals surface area contributed by atoms with Crippen molar-refractivity contribution in [2.24, 2.45) is 0 Å². The molecule has 0 aromatic heterocycles. The Labute approximate surface area is 58.2 Å². The molecule has 0 saturated heterocycles. The van der Waals surface area contributed by atoms with Gasteiger partial charge >= 0.3 is 0 Å². The monoisotopic (exact) mass is 142 g/mol. The van der Waals surface area contributed by atoms with E-state index in [0.29, 0.717) is 0 Å². The first-order valence-electron chi connectivity index (χ1n) is 2.63. The summed E-state index contributed by atoms with van der Waals surface area (Å²) in [6.07, 6.45) is 7.06. The van der Waals surface area contributed by atoms with Crippen molar-refractivity contribution in [2.75, 3.05) is 6.26 Å². The van der Waals surface area contributed by atoms with Gasteiger partial charge in [0.15, 0.2) is 0 Å². The highest BCUT2D eigenvalue weighted by atomic mass is 32.2. The van der Waals surface area contributed by atoms with E-state index in [1.807, 2.05) is 19.1 Å². The Kier molecular flexibility index (Phi) is 5.18. The summed E-state index contributed by atoms with van der Waals surface area (Å²) in [6, 6.07) is 0. The van der Waals surface area contributed by atoms with Crippen molar-refractivity contribution < 1.29 is 4.21 Å². The molecule has 0 aliphatic carbocycles. The van der Waals surface area contributed by atoms with Gasteiger partial charge in [0.1, 0.15) is 0 Å². The lowest BCUT2D eigenvalue weighted by atomic mass is 10.5. The van der Waals surface area contributed by atoms with Gasteiger partial charge < -0.3 is 0 Å². The Morgan fingerprint density at radius 3 is 2.67 bits per heavy atom. The summed E-state index contributed by atoms with van der Waals surface area (Å²) in [7, 11) is -0.870. The van der Waals surface area contributed by atoms with Crippen LogP contribution in [0.4, 0.5) is 0 Å². The maximum Gasteiger partial charge on any atom is 0.0502 e. The summed E-state index contributed by atoms with van der Waals surface area (Å²) < 4.78 is 10.4. The molecular weight excluding hydrogens is 132 g/mol. The van der Waals surface area contributed by atoms with Crippen LogP contribution in [0.15, 0.2) is 29.4 Å². The third kappa shape index (κ3) is 7.41. The summed E-state index contributed by atoms with van der Waals surface area (Å²) in [5.74, 6) is 0. The SMILES string of the molecule is C/C=C\C=C=CS(C)=O. The zero-order valence-corrected chi connectivity index (χ0v) is 6.44. The molecule has 9 heavy (non-hydrogen) atoms. The van der Waals surface area contributed by atoms with Gasteiger partial charge in [-0.15, -0.1) is 5.73 Å². The fourth-order valence-electron chi connectivity index (χ4n) is 0.287. The van der Waals surface area contributed by atoms with E-state index in [1.165, 1.54) is 5.41 Å². The second-order valence-electron chi connectivity index (χ2n) is 1.48. The van der Waals surface area contributed by atoms with E-state index >= 15 is 0 Å². The van der Waals surface area contributed by atoms with Gasteiger partial charge in [-0.05, 0) is 13.0 Å². The van der Waals surface area contributed by atoms with E-state index in [9.17, 15) is 4.21 Å². The van der Waals surface area contributed by atoms with Crippen LogP contribution in [0.1, 0.15) is 6.92 Å². The van der Waals surface area contributed by atoms with E-state index in [1.54, 1.807) is 12.3 Å². The lowest BCUT2D eigenvalue weighted by Crippen LogP contribution is -1.70. The Morgan fingerprint density at radius 1 is 1.56 bits per heavy atom. The number of hydrogen-bond donors (Lipinski definition) is 0. The van der Waals surface area contributed by atoms with Crippen molar-refractivity contribution in [1.29, 1.82) is 0 Å². The summed E-state index contributed by atoms with van der Waals surface area (Å²) in [4.78, 5) is 0. The summed E-state index contributed by atoms with van der Waals surface area (Å²) >= 11 is 0. The first-order chi connectivity index (χ1) is 4.27. The highest BCUT2D eigenvalue weighted by molar-refractivity contribution is 7.87. The van der Waals surface area contributed by atoms with E-state index in [-0.39, 0.29) is 0 Å². The smallest absolute Gasteiger partial charge is 0.0502 e. The predicted octanol–water partition coefficient (Wildman–Crippen LogP) is 1.61.